The van der Waals surface area contributed by atoms with E-state index >= 15 is 0 Å². The van der Waals surface area contributed by atoms with Gasteiger partial charge in [-0.05, 0) is 122 Å². The fraction of sp³-hybridized carbons (Fsp3) is 0.509. The highest BCUT2D eigenvalue weighted by atomic mass is 127. The van der Waals surface area contributed by atoms with E-state index in [2.05, 4.69) is 37.0 Å². The van der Waals surface area contributed by atoms with E-state index in [1.54, 1.807) is 32.3 Å². The van der Waals surface area contributed by atoms with E-state index in [0.29, 0.717) is 28.6 Å². The minimum Gasteiger partial charge on any atom is -0.391 e. The van der Waals surface area contributed by atoms with Crippen LogP contribution in [0, 0.1) is 33.4 Å². The molecule has 5 amide bonds. The molecule has 2 heterocycles. The number of alkyl halides is 1. The SMILES string of the molecule is Cc1ncsc1-c1ccc([C@H](CC(=O)NCCCCCCCCCNCCCONC(=O)c2ccc(F)c(F)c2Nc2ccc(I)cc2F)NC(=O)[C@@H]2C[C@@H](O)CN2C(=O)[C@H](NC(=O)C2(F)CC2)C(C)(C)C)cc1. The van der Waals surface area contributed by atoms with Gasteiger partial charge in [0, 0.05) is 23.1 Å². The Labute approximate surface area is 447 Å². The molecule has 0 radical (unpaired) electrons. The third-order valence-electron chi connectivity index (χ3n) is 13.0. The average Bonchev–Trinajstić information content (AvgIpc) is 3.76. The van der Waals surface area contributed by atoms with Crippen LogP contribution in [0.5, 0.6) is 0 Å². The van der Waals surface area contributed by atoms with Gasteiger partial charge in [-0.15, -0.1) is 11.3 Å². The number of hydrogen-bond donors (Lipinski definition) is 7. The maximum Gasteiger partial charge on any atom is 0.277 e. The van der Waals surface area contributed by atoms with Crippen LogP contribution >= 0.6 is 33.9 Å². The number of carbonyl (C=O) groups excluding carboxylic acids is 5. The smallest absolute Gasteiger partial charge is 0.277 e. The summed E-state index contributed by atoms with van der Waals surface area (Å²) in [6, 6.07) is 10.6. The van der Waals surface area contributed by atoms with Crippen LogP contribution in [0.3, 0.4) is 0 Å². The molecule has 0 unspecified atom stereocenters. The zero-order chi connectivity index (χ0) is 53.6. The molecule has 7 N–H and O–H groups in total. The number of carbonyl (C=O) groups is 5. The molecule has 4 atom stereocenters. The van der Waals surface area contributed by atoms with Gasteiger partial charge >= 0.3 is 0 Å². The Morgan fingerprint density at radius 1 is 0.892 bits per heavy atom. The molecule has 1 saturated carbocycles. The number of aliphatic hydroxyl groups is 1. The van der Waals surface area contributed by atoms with Gasteiger partial charge in [0.05, 0.1) is 58.2 Å². The Hall–Kier alpha value is -5.23. The molecule has 1 aromatic heterocycles. The number of hydroxylamine groups is 1. The number of β-amino-alcohol motifs (C(OH)–C–C–N with tert-alkyl or cyclic N) is 1. The van der Waals surface area contributed by atoms with Crippen molar-refractivity contribution in [3.8, 4) is 10.4 Å². The number of amides is 5. The third-order valence-corrected chi connectivity index (χ3v) is 14.7. The van der Waals surface area contributed by atoms with Crippen LogP contribution in [-0.4, -0.2) is 101 Å². The van der Waals surface area contributed by atoms with Gasteiger partial charge in [0.25, 0.3) is 11.8 Å². The first-order valence-electron chi connectivity index (χ1n) is 25.1. The van der Waals surface area contributed by atoms with Crippen molar-refractivity contribution < 1.29 is 51.5 Å². The second kappa shape index (κ2) is 27.0. The summed E-state index contributed by atoms with van der Waals surface area (Å²) in [5.41, 5.74) is 2.77. The van der Waals surface area contributed by atoms with E-state index in [1.165, 1.54) is 28.4 Å². The number of nitrogens with one attached hydrogen (secondary N) is 6. The number of nitrogens with zero attached hydrogens (tertiary/aromatic N) is 2. The van der Waals surface area contributed by atoms with Crippen LogP contribution < -0.4 is 32.1 Å². The van der Waals surface area contributed by atoms with E-state index in [1.807, 2.05) is 53.8 Å². The second-order valence-electron chi connectivity index (χ2n) is 20.0. The Balaban J connectivity index is 0.880. The van der Waals surface area contributed by atoms with E-state index < -0.39 is 82.1 Å². The first-order chi connectivity index (χ1) is 35.2. The van der Waals surface area contributed by atoms with Crippen LogP contribution in [0.15, 0.2) is 60.1 Å². The quantitative estimate of drug-likeness (QED) is 0.0131. The van der Waals surface area contributed by atoms with Gasteiger partial charge in [-0.1, -0.05) is 77.1 Å². The molecule has 1 aliphatic heterocycles. The number of rotatable bonds is 27. The first-order valence-corrected chi connectivity index (χ1v) is 27.1. The van der Waals surface area contributed by atoms with Crippen molar-refractivity contribution in [1.29, 1.82) is 0 Å². The molecular formula is C53H67F4IN8O7S. The lowest BCUT2D eigenvalue weighted by atomic mass is 9.85. The van der Waals surface area contributed by atoms with Gasteiger partial charge in [0.2, 0.25) is 17.7 Å². The molecule has 74 heavy (non-hydrogen) atoms. The van der Waals surface area contributed by atoms with Crippen molar-refractivity contribution in [3.63, 3.8) is 0 Å². The molecule has 2 aliphatic rings. The standard InChI is InChI=1S/C53H67F4IN8O7S/c1-32-46(74-31-61-32)34-15-13-33(14-16-34)41(63-49(70)42-28-36(67)30-66(42)50(71)47(52(2,3)4)64-51(72)53(57)21-22-53)29-43(68)60-25-11-9-7-5-6-8-10-23-59-24-12-26-73-65-48(69)37-18-19-38(54)44(56)45(37)62-40-20-17-35(58)27-39(40)55/h13-20,27,31,36,41-42,47,59,62,67H,5-12,21-26,28-30H2,1-4H3,(H,60,68)(H,63,70)(H,64,72)(H,65,69)/t36-,41+,42+,47+/m1/s1. The summed E-state index contributed by atoms with van der Waals surface area (Å²) in [5, 5.41) is 25.1. The summed E-state index contributed by atoms with van der Waals surface area (Å²) in [6.07, 6.45) is 6.36. The van der Waals surface area contributed by atoms with Gasteiger partial charge in [-0.3, -0.25) is 28.8 Å². The van der Waals surface area contributed by atoms with Crippen molar-refractivity contribution in [2.45, 2.75) is 135 Å². The molecule has 3 aromatic carbocycles. The van der Waals surface area contributed by atoms with Crippen molar-refractivity contribution in [2.75, 3.05) is 38.1 Å². The van der Waals surface area contributed by atoms with E-state index in [0.717, 1.165) is 79.8 Å². The molecular weight excluding hydrogens is 1100 g/mol. The Morgan fingerprint density at radius 2 is 1.57 bits per heavy atom. The second-order valence-corrected chi connectivity index (χ2v) is 22.1. The lowest BCUT2D eigenvalue weighted by Gasteiger charge is -2.36. The summed E-state index contributed by atoms with van der Waals surface area (Å²) in [7, 11) is 0. The van der Waals surface area contributed by atoms with Crippen LogP contribution in [0.4, 0.5) is 28.9 Å². The molecule has 21 heteroatoms. The minimum atomic E-state index is -2.01. The Bertz CT molecular complexity index is 2580. The van der Waals surface area contributed by atoms with Gasteiger partial charge in [-0.25, -0.2) is 28.0 Å². The Morgan fingerprint density at radius 3 is 2.22 bits per heavy atom. The number of likely N-dealkylation sites (tertiary alicyclic amines) is 1. The Kier molecular flexibility index (Phi) is 21.2. The summed E-state index contributed by atoms with van der Waals surface area (Å²) in [4.78, 5) is 79.0. The zero-order valence-electron chi connectivity index (χ0n) is 42.2. The predicted octanol–water partition coefficient (Wildman–Crippen LogP) is 8.61. The highest BCUT2D eigenvalue weighted by Crippen LogP contribution is 2.41. The lowest BCUT2D eigenvalue weighted by molar-refractivity contribution is -0.145. The normalized spacial score (nSPS) is 16.8. The predicted molar refractivity (Wildman–Crippen MR) is 283 cm³/mol. The number of aromatic nitrogens is 1. The van der Waals surface area contributed by atoms with Crippen molar-refractivity contribution in [3.05, 3.63) is 98.0 Å². The number of anilines is 2. The molecule has 15 nitrogen and oxygen atoms in total. The van der Waals surface area contributed by atoms with Crippen molar-refractivity contribution in [2.24, 2.45) is 5.41 Å². The van der Waals surface area contributed by atoms with E-state index in [4.69, 9.17) is 4.84 Å². The first kappa shape index (κ1) is 58.0. The minimum absolute atomic E-state index is 0.0501. The maximum absolute atomic E-state index is 14.7. The fourth-order valence-electron chi connectivity index (χ4n) is 8.58. The average molecular weight is 1160 g/mol. The summed E-state index contributed by atoms with van der Waals surface area (Å²) in [6.45, 7) is 9.03. The highest BCUT2D eigenvalue weighted by molar-refractivity contribution is 14.1. The summed E-state index contributed by atoms with van der Waals surface area (Å²) >= 11 is 3.42. The number of hydrogen-bond acceptors (Lipinski definition) is 11. The third kappa shape index (κ3) is 16.4. The molecule has 1 aliphatic carbocycles. The number of thiazole rings is 1. The summed E-state index contributed by atoms with van der Waals surface area (Å²) in [5.74, 6) is -6.32. The number of aliphatic hydroxyl groups excluding tert-OH is 1. The topological polar surface area (TPSA) is 203 Å². The zero-order valence-corrected chi connectivity index (χ0v) is 45.2. The van der Waals surface area contributed by atoms with E-state index in [-0.39, 0.29) is 56.0 Å². The number of aryl methyl sites for hydroxylation is 1. The van der Waals surface area contributed by atoms with Crippen LogP contribution in [-0.2, 0) is 24.0 Å². The molecule has 0 bridgehead atoms. The molecule has 402 valence electrons. The van der Waals surface area contributed by atoms with Gasteiger partial charge in [0.15, 0.2) is 17.3 Å². The maximum atomic E-state index is 14.7. The monoisotopic (exact) mass is 1160 g/mol. The lowest BCUT2D eigenvalue weighted by Crippen LogP contribution is -2.59. The molecule has 1 saturated heterocycles. The van der Waals surface area contributed by atoms with Gasteiger partial charge < -0.3 is 36.6 Å². The van der Waals surface area contributed by atoms with Crippen molar-refractivity contribution in [1.82, 2.24) is 36.6 Å². The largest absolute Gasteiger partial charge is 0.391 e. The fourth-order valence-corrected chi connectivity index (χ4v) is 9.85. The van der Waals surface area contributed by atoms with Gasteiger partial charge in [-0.2, -0.15) is 0 Å². The van der Waals surface area contributed by atoms with Crippen LogP contribution in [0.2, 0.25) is 0 Å². The van der Waals surface area contributed by atoms with Crippen molar-refractivity contribution >= 4 is 74.8 Å². The molecule has 4 aromatic rings. The molecule has 6 rings (SSSR count). The van der Waals surface area contributed by atoms with E-state index in [9.17, 15) is 46.6 Å². The number of halogens is 5. The molecule has 0 spiro atoms. The number of benzene rings is 3. The summed E-state index contributed by atoms with van der Waals surface area (Å²) < 4.78 is 58.5. The number of unbranched alkanes of at least 4 members (excludes halogenated alkanes) is 6. The highest BCUT2D eigenvalue weighted by Gasteiger charge is 2.53. The van der Waals surface area contributed by atoms with Crippen LogP contribution in [0.1, 0.15) is 125 Å². The molecule has 2 fully saturated rings. The van der Waals surface area contributed by atoms with Crippen LogP contribution in [0.25, 0.3) is 10.4 Å². The van der Waals surface area contributed by atoms with Gasteiger partial charge in [0.1, 0.15) is 17.9 Å².